The first-order valence-electron chi connectivity index (χ1n) is 11.4. The molecule has 0 heterocycles. The van der Waals surface area contributed by atoms with Crippen molar-refractivity contribution in [1.29, 1.82) is 0 Å². The molecule has 0 aromatic carbocycles. The summed E-state index contributed by atoms with van der Waals surface area (Å²) in [6, 6.07) is 0. The first-order valence-corrected chi connectivity index (χ1v) is 11.4. The van der Waals surface area contributed by atoms with Crippen LogP contribution in [0.5, 0.6) is 0 Å². The molecule has 0 radical (unpaired) electrons. The maximum atomic E-state index is 11.0. The van der Waals surface area contributed by atoms with Gasteiger partial charge in [-0.1, -0.05) is 84.5 Å². The lowest BCUT2D eigenvalue weighted by Crippen LogP contribution is -2.34. The molecule has 1 nitrogen and oxygen atoms in total. The molecule has 2 saturated carbocycles. The van der Waals surface area contributed by atoms with Crippen LogP contribution in [0.3, 0.4) is 0 Å². The van der Waals surface area contributed by atoms with Gasteiger partial charge in [-0.05, 0) is 56.3 Å². The standard InChI is InChI=1S/C23H44O/c1-3-4-5-6-7-8-9-10-11-12-13-20(2)18-19-23(24,21-14-15-21)22-16-17-22/h20-22,24H,3-19H2,1-2H3. The maximum absolute atomic E-state index is 11.0. The highest BCUT2D eigenvalue weighted by atomic mass is 16.3. The highest BCUT2D eigenvalue weighted by Gasteiger charge is 2.52. The van der Waals surface area contributed by atoms with E-state index in [2.05, 4.69) is 13.8 Å². The van der Waals surface area contributed by atoms with Gasteiger partial charge in [0.25, 0.3) is 0 Å². The zero-order valence-electron chi connectivity index (χ0n) is 16.7. The van der Waals surface area contributed by atoms with Crippen molar-refractivity contribution in [2.45, 2.75) is 129 Å². The van der Waals surface area contributed by atoms with Crippen molar-refractivity contribution in [3.8, 4) is 0 Å². The quantitative estimate of drug-likeness (QED) is 0.294. The van der Waals surface area contributed by atoms with Gasteiger partial charge in [0.2, 0.25) is 0 Å². The first kappa shape index (κ1) is 20.3. The molecular weight excluding hydrogens is 292 g/mol. The van der Waals surface area contributed by atoms with E-state index in [0.717, 1.165) is 12.3 Å². The summed E-state index contributed by atoms with van der Waals surface area (Å²) in [7, 11) is 0. The summed E-state index contributed by atoms with van der Waals surface area (Å²) >= 11 is 0. The van der Waals surface area contributed by atoms with Gasteiger partial charge in [-0.3, -0.25) is 0 Å². The van der Waals surface area contributed by atoms with Gasteiger partial charge < -0.3 is 5.11 Å². The summed E-state index contributed by atoms with van der Waals surface area (Å²) in [5.41, 5.74) is -0.258. The van der Waals surface area contributed by atoms with E-state index in [0.29, 0.717) is 11.8 Å². The van der Waals surface area contributed by atoms with Crippen LogP contribution in [0, 0.1) is 17.8 Å². The minimum absolute atomic E-state index is 0.258. The van der Waals surface area contributed by atoms with E-state index >= 15 is 0 Å². The summed E-state index contributed by atoms with van der Waals surface area (Å²) in [6.45, 7) is 4.70. The lowest BCUT2D eigenvalue weighted by molar-refractivity contribution is -0.0180. The molecule has 142 valence electrons. The lowest BCUT2D eigenvalue weighted by atomic mass is 9.83. The van der Waals surface area contributed by atoms with E-state index in [1.165, 1.54) is 103 Å². The number of aliphatic hydroxyl groups is 1. The molecule has 0 saturated heterocycles. The van der Waals surface area contributed by atoms with Gasteiger partial charge in [0.05, 0.1) is 5.60 Å². The van der Waals surface area contributed by atoms with Crippen LogP contribution in [0.4, 0.5) is 0 Å². The highest BCUT2D eigenvalue weighted by molar-refractivity contribution is 5.03. The second kappa shape index (κ2) is 10.8. The van der Waals surface area contributed by atoms with Gasteiger partial charge in [0.1, 0.15) is 0 Å². The molecule has 0 spiro atoms. The summed E-state index contributed by atoms with van der Waals surface area (Å²) < 4.78 is 0. The monoisotopic (exact) mass is 336 g/mol. The first-order chi connectivity index (χ1) is 11.7. The predicted molar refractivity (Wildman–Crippen MR) is 105 cm³/mol. The van der Waals surface area contributed by atoms with Crippen LogP contribution in [0.2, 0.25) is 0 Å². The van der Waals surface area contributed by atoms with E-state index in [1.54, 1.807) is 0 Å². The van der Waals surface area contributed by atoms with Crippen LogP contribution < -0.4 is 0 Å². The summed E-state index contributed by atoms with van der Waals surface area (Å²) in [5.74, 6) is 2.13. The Kier molecular flexibility index (Phi) is 9.16. The van der Waals surface area contributed by atoms with Crippen molar-refractivity contribution in [2.24, 2.45) is 17.8 Å². The van der Waals surface area contributed by atoms with E-state index in [9.17, 15) is 5.11 Å². The SMILES string of the molecule is CCCCCCCCCCCCC(C)CCC(O)(C1CC1)C1CC1. The van der Waals surface area contributed by atoms with Crippen molar-refractivity contribution >= 4 is 0 Å². The van der Waals surface area contributed by atoms with Gasteiger partial charge in [-0.25, -0.2) is 0 Å². The van der Waals surface area contributed by atoms with E-state index in [-0.39, 0.29) is 5.60 Å². The van der Waals surface area contributed by atoms with Crippen LogP contribution in [0.15, 0.2) is 0 Å². The summed E-state index contributed by atoms with van der Waals surface area (Å²) in [4.78, 5) is 0. The molecule has 1 N–H and O–H groups in total. The number of rotatable bonds is 16. The van der Waals surface area contributed by atoms with Crippen LogP contribution in [-0.4, -0.2) is 10.7 Å². The van der Waals surface area contributed by atoms with Crippen molar-refractivity contribution < 1.29 is 5.11 Å². The normalized spacial score (nSPS) is 19.6. The molecular formula is C23H44O. The maximum Gasteiger partial charge on any atom is 0.0703 e. The third-order valence-corrected chi connectivity index (χ3v) is 6.66. The molecule has 24 heavy (non-hydrogen) atoms. The second-order valence-electron chi connectivity index (χ2n) is 9.15. The average Bonchev–Trinajstić information content (AvgIpc) is 3.45. The molecule has 1 unspecified atom stereocenters. The highest BCUT2D eigenvalue weighted by Crippen LogP contribution is 2.54. The van der Waals surface area contributed by atoms with Gasteiger partial charge in [-0.15, -0.1) is 0 Å². The van der Waals surface area contributed by atoms with Crippen molar-refractivity contribution in [3.63, 3.8) is 0 Å². The fourth-order valence-corrected chi connectivity index (χ4v) is 4.51. The van der Waals surface area contributed by atoms with Crippen LogP contribution >= 0.6 is 0 Å². The van der Waals surface area contributed by atoms with Crippen LogP contribution in [0.25, 0.3) is 0 Å². The van der Waals surface area contributed by atoms with Crippen molar-refractivity contribution in [3.05, 3.63) is 0 Å². The van der Waals surface area contributed by atoms with Crippen LogP contribution in [-0.2, 0) is 0 Å². The largest absolute Gasteiger partial charge is 0.389 e. The zero-order valence-corrected chi connectivity index (χ0v) is 16.7. The minimum atomic E-state index is -0.258. The van der Waals surface area contributed by atoms with E-state index in [1.807, 2.05) is 0 Å². The molecule has 1 atom stereocenters. The molecule has 0 aromatic rings. The predicted octanol–water partition coefficient (Wildman–Crippen LogP) is 7.26. The Hall–Kier alpha value is -0.0400. The van der Waals surface area contributed by atoms with Crippen molar-refractivity contribution in [2.75, 3.05) is 0 Å². The third kappa shape index (κ3) is 7.46. The van der Waals surface area contributed by atoms with Gasteiger partial charge >= 0.3 is 0 Å². The minimum Gasteiger partial charge on any atom is -0.389 e. The Labute approximate surface area is 152 Å². The molecule has 0 aliphatic heterocycles. The molecule has 2 rings (SSSR count). The van der Waals surface area contributed by atoms with Crippen molar-refractivity contribution in [1.82, 2.24) is 0 Å². The lowest BCUT2D eigenvalue weighted by Gasteiger charge is -2.29. The number of hydrogen-bond donors (Lipinski definition) is 1. The molecule has 2 aliphatic rings. The Morgan fingerprint density at radius 1 is 0.750 bits per heavy atom. The van der Waals surface area contributed by atoms with Gasteiger partial charge in [0, 0.05) is 0 Å². The topological polar surface area (TPSA) is 20.2 Å². The van der Waals surface area contributed by atoms with Crippen LogP contribution in [0.1, 0.15) is 123 Å². The average molecular weight is 337 g/mol. The van der Waals surface area contributed by atoms with E-state index < -0.39 is 0 Å². The Morgan fingerprint density at radius 3 is 1.67 bits per heavy atom. The summed E-state index contributed by atoms with van der Waals surface area (Å²) in [6.07, 6.45) is 23.2. The molecule has 2 aliphatic carbocycles. The zero-order chi connectivity index (χ0) is 17.3. The van der Waals surface area contributed by atoms with Gasteiger partial charge in [-0.2, -0.15) is 0 Å². The van der Waals surface area contributed by atoms with Gasteiger partial charge in [0.15, 0.2) is 0 Å². The Morgan fingerprint density at radius 2 is 1.21 bits per heavy atom. The third-order valence-electron chi connectivity index (χ3n) is 6.66. The molecule has 0 bridgehead atoms. The fraction of sp³-hybridized carbons (Fsp3) is 1.00. The summed E-state index contributed by atoms with van der Waals surface area (Å²) in [5, 5.41) is 11.0. The number of hydrogen-bond acceptors (Lipinski definition) is 1. The Balaban J connectivity index is 1.40. The number of unbranched alkanes of at least 4 members (excludes halogenated alkanes) is 9. The molecule has 0 aromatic heterocycles. The second-order valence-corrected chi connectivity index (χ2v) is 9.15. The molecule has 1 heteroatoms. The Bertz CT molecular complexity index is 304. The molecule has 0 amide bonds. The molecule has 2 fully saturated rings. The smallest absolute Gasteiger partial charge is 0.0703 e. The fourth-order valence-electron chi connectivity index (χ4n) is 4.51. The van der Waals surface area contributed by atoms with E-state index in [4.69, 9.17) is 0 Å².